The zero-order valence-electron chi connectivity index (χ0n) is 17.7. The number of hydrogen-bond acceptors (Lipinski definition) is 6. The van der Waals surface area contributed by atoms with Gasteiger partial charge in [-0.05, 0) is 56.6 Å². The number of fused-ring (bicyclic) bond motifs is 1. The topological polar surface area (TPSA) is 66.6 Å². The van der Waals surface area contributed by atoms with Gasteiger partial charge >= 0.3 is 5.63 Å². The highest BCUT2D eigenvalue weighted by atomic mass is 79.9. The monoisotopic (exact) mass is 510 g/mol. The summed E-state index contributed by atoms with van der Waals surface area (Å²) in [5.41, 5.74) is 2.95. The molecule has 1 saturated heterocycles. The van der Waals surface area contributed by atoms with Gasteiger partial charge in [0, 0.05) is 33.4 Å². The number of halogens is 1. The molecule has 2 aromatic carbocycles. The summed E-state index contributed by atoms with van der Waals surface area (Å²) in [6.45, 7) is 3.76. The number of hydrogen-bond donors (Lipinski definition) is 1. The summed E-state index contributed by atoms with van der Waals surface area (Å²) < 4.78 is 6.79. The van der Waals surface area contributed by atoms with Crippen LogP contribution in [-0.4, -0.2) is 27.6 Å². The van der Waals surface area contributed by atoms with Gasteiger partial charge in [0.25, 0.3) is 0 Å². The van der Waals surface area contributed by atoms with Crippen molar-refractivity contribution in [1.82, 2.24) is 9.88 Å². The fourth-order valence-electron chi connectivity index (χ4n) is 4.28. The van der Waals surface area contributed by atoms with E-state index in [1.54, 1.807) is 12.1 Å². The maximum Gasteiger partial charge on any atom is 0.346 e. The highest BCUT2D eigenvalue weighted by molar-refractivity contribution is 9.10. The van der Waals surface area contributed by atoms with Crippen LogP contribution in [0.3, 0.4) is 0 Å². The third kappa shape index (κ3) is 4.12. The summed E-state index contributed by atoms with van der Waals surface area (Å²) in [5.74, 6) is 0.165. The number of nitrogens with zero attached hydrogens (tertiary/aromatic N) is 2. The van der Waals surface area contributed by atoms with Gasteiger partial charge in [0.2, 0.25) is 0 Å². The molecule has 5 nitrogen and oxygen atoms in total. The van der Waals surface area contributed by atoms with Crippen molar-refractivity contribution in [2.24, 2.45) is 0 Å². The van der Waals surface area contributed by atoms with Crippen molar-refractivity contribution >= 4 is 38.2 Å². The Morgan fingerprint density at radius 2 is 2.03 bits per heavy atom. The van der Waals surface area contributed by atoms with E-state index in [-0.39, 0.29) is 5.75 Å². The van der Waals surface area contributed by atoms with Gasteiger partial charge in [-0.3, -0.25) is 4.90 Å². The number of benzene rings is 2. The number of thiazole rings is 1. The van der Waals surface area contributed by atoms with Crippen LogP contribution in [0.4, 0.5) is 0 Å². The third-order valence-electron chi connectivity index (χ3n) is 6.16. The van der Waals surface area contributed by atoms with Crippen LogP contribution in [0.1, 0.15) is 31.7 Å². The molecular formula is C25H23BrN2O3S. The van der Waals surface area contributed by atoms with Crippen LogP contribution in [0.2, 0.25) is 0 Å². The van der Waals surface area contributed by atoms with E-state index < -0.39 is 5.63 Å². The summed E-state index contributed by atoms with van der Waals surface area (Å²) in [5, 5.41) is 13.9. The van der Waals surface area contributed by atoms with Crippen LogP contribution in [-0.2, 0) is 6.54 Å². The molecule has 0 aliphatic carbocycles. The van der Waals surface area contributed by atoms with Gasteiger partial charge in [-0.25, -0.2) is 9.78 Å². The first-order valence-corrected chi connectivity index (χ1v) is 12.4. The Morgan fingerprint density at radius 1 is 1.22 bits per heavy atom. The number of phenols is 1. The molecule has 0 unspecified atom stereocenters. The van der Waals surface area contributed by atoms with Gasteiger partial charge in [0.1, 0.15) is 16.3 Å². The molecular weight excluding hydrogens is 488 g/mol. The molecule has 3 heterocycles. The molecule has 5 rings (SSSR count). The lowest BCUT2D eigenvalue weighted by atomic mass is 10.0. The normalized spacial score (nSPS) is 17.1. The number of likely N-dealkylation sites (tertiary alicyclic amines) is 1. The molecule has 7 heteroatoms. The van der Waals surface area contributed by atoms with Gasteiger partial charge in [0.15, 0.2) is 0 Å². The van der Waals surface area contributed by atoms with E-state index in [0.717, 1.165) is 40.5 Å². The van der Waals surface area contributed by atoms with Crippen molar-refractivity contribution in [3.8, 4) is 27.6 Å². The summed E-state index contributed by atoms with van der Waals surface area (Å²) in [7, 11) is 0. The Labute approximate surface area is 198 Å². The SMILES string of the molecule is C[C@@H]1CCCCN1Cc1c(O)ccc2cc(-c3nc(-c4ccc(Br)cc4)cs3)c(=O)oc12. The molecule has 4 aromatic rings. The minimum Gasteiger partial charge on any atom is -0.507 e. The average molecular weight is 511 g/mol. The second kappa shape index (κ2) is 8.81. The summed E-state index contributed by atoms with van der Waals surface area (Å²) >= 11 is 4.87. The van der Waals surface area contributed by atoms with Crippen molar-refractivity contribution in [1.29, 1.82) is 0 Å². The Bertz CT molecular complexity index is 1330. The smallest absolute Gasteiger partial charge is 0.346 e. The maximum absolute atomic E-state index is 12.9. The van der Waals surface area contributed by atoms with Crippen LogP contribution in [0, 0.1) is 0 Å². The van der Waals surface area contributed by atoms with E-state index in [1.165, 1.54) is 17.8 Å². The van der Waals surface area contributed by atoms with Crippen molar-refractivity contribution in [2.75, 3.05) is 6.54 Å². The van der Waals surface area contributed by atoms with Gasteiger partial charge in [-0.1, -0.05) is 34.5 Å². The van der Waals surface area contributed by atoms with Gasteiger partial charge < -0.3 is 9.52 Å². The number of aromatic hydroxyl groups is 1. The molecule has 164 valence electrons. The Hall–Kier alpha value is -2.48. The first-order valence-electron chi connectivity index (χ1n) is 10.7. The minimum absolute atomic E-state index is 0.165. The predicted molar refractivity (Wildman–Crippen MR) is 132 cm³/mol. The third-order valence-corrected chi connectivity index (χ3v) is 7.56. The molecule has 1 fully saturated rings. The van der Waals surface area contributed by atoms with Gasteiger partial charge in [-0.15, -0.1) is 11.3 Å². The van der Waals surface area contributed by atoms with Gasteiger partial charge in [-0.2, -0.15) is 0 Å². The molecule has 0 saturated carbocycles. The van der Waals surface area contributed by atoms with E-state index in [0.29, 0.717) is 34.3 Å². The number of rotatable bonds is 4. The Kier molecular flexibility index (Phi) is 5.88. The van der Waals surface area contributed by atoms with E-state index in [2.05, 4.69) is 32.7 Å². The average Bonchev–Trinajstić information content (AvgIpc) is 3.27. The van der Waals surface area contributed by atoms with Crippen LogP contribution < -0.4 is 5.63 Å². The second-order valence-electron chi connectivity index (χ2n) is 8.29. The van der Waals surface area contributed by atoms with E-state index in [4.69, 9.17) is 4.42 Å². The maximum atomic E-state index is 12.9. The molecule has 2 aromatic heterocycles. The molecule has 1 N–H and O–H groups in total. The fourth-order valence-corrected chi connectivity index (χ4v) is 5.38. The number of piperidine rings is 1. The highest BCUT2D eigenvalue weighted by Gasteiger charge is 2.22. The second-order valence-corrected chi connectivity index (χ2v) is 10.1. The summed E-state index contributed by atoms with van der Waals surface area (Å²) in [4.78, 5) is 20.0. The molecule has 32 heavy (non-hydrogen) atoms. The van der Waals surface area contributed by atoms with Crippen LogP contribution in [0.25, 0.3) is 32.8 Å². The largest absolute Gasteiger partial charge is 0.507 e. The van der Waals surface area contributed by atoms with Crippen LogP contribution >= 0.6 is 27.3 Å². The van der Waals surface area contributed by atoms with E-state index >= 15 is 0 Å². The van der Waals surface area contributed by atoms with E-state index in [1.807, 2.05) is 35.7 Å². The van der Waals surface area contributed by atoms with Crippen molar-refractivity contribution in [2.45, 2.75) is 38.8 Å². The van der Waals surface area contributed by atoms with Crippen LogP contribution in [0.15, 0.2) is 61.5 Å². The number of phenolic OH excluding ortho intramolecular Hbond substituents is 1. The fraction of sp³-hybridized carbons (Fsp3) is 0.280. The molecule has 1 aliphatic rings. The van der Waals surface area contributed by atoms with Crippen molar-refractivity contribution < 1.29 is 9.52 Å². The van der Waals surface area contributed by atoms with Crippen LogP contribution in [0.5, 0.6) is 5.75 Å². The van der Waals surface area contributed by atoms with Crippen molar-refractivity contribution in [3.63, 3.8) is 0 Å². The van der Waals surface area contributed by atoms with E-state index in [9.17, 15) is 9.90 Å². The molecule has 1 aliphatic heterocycles. The Balaban J connectivity index is 1.52. The lowest BCUT2D eigenvalue weighted by molar-refractivity contribution is 0.151. The predicted octanol–water partition coefficient (Wildman–Crippen LogP) is 6.43. The van der Waals surface area contributed by atoms with Crippen molar-refractivity contribution in [3.05, 3.63) is 68.3 Å². The quantitative estimate of drug-likeness (QED) is 0.320. The zero-order chi connectivity index (χ0) is 22.2. The standard InChI is InChI=1S/C25H23BrN2O3S/c1-15-4-2-3-11-28(15)13-20-22(29)10-7-17-12-19(25(30)31-23(17)20)24-27-21(14-32-24)16-5-8-18(26)9-6-16/h5-10,12,14-15,29H,2-4,11,13H2,1H3/t15-/m1/s1. The van der Waals surface area contributed by atoms with Gasteiger partial charge in [0.05, 0.1) is 16.8 Å². The Morgan fingerprint density at radius 3 is 2.81 bits per heavy atom. The molecule has 1 atom stereocenters. The molecule has 0 radical (unpaired) electrons. The summed E-state index contributed by atoms with van der Waals surface area (Å²) in [6, 6.07) is 13.7. The molecule has 0 bridgehead atoms. The highest BCUT2D eigenvalue weighted by Crippen LogP contribution is 2.33. The lowest BCUT2D eigenvalue weighted by Crippen LogP contribution is -2.36. The zero-order valence-corrected chi connectivity index (χ0v) is 20.1. The number of aromatic nitrogens is 1. The lowest BCUT2D eigenvalue weighted by Gasteiger charge is -2.33. The molecule has 0 amide bonds. The molecule has 0 spiro atoms. The first kappa shape index (κ1) is 21.4. The first-order chi connectivity index (χ1) is 15.5. The summed E-state index contributed by atoms with van der Waals surface area (Å²) in [6.07, 6.45) is 3.52. The minimum atomic E-state index is -0.437.